The topological polar surface area (TPSA) is 129 Å². The van der Waals surface area contributed by atoms with Crippen molar-refractivity contribution in [2.75, 3.05) is 5.73 Å². The highest BCUT2D eigenvalue weighted by Gasteiger charge is 2.17. The number of nitrogen functional groups attached to an aromatic ring is 1. The molecule has 0 atom stereocenters. The van der Waals surface area contributed by atoms with E-state index in [9.17, 15) is 18.0 Å². The molecule has 2 aromatic heterocycles. The molecule has 1 aromatic carbocycles. The summed E-state index contributed by atoms with van der Waals surface area (Å²) in [5.74, 6) is 0. The SMILES string of the molecule is Cn1c(=O)c2cc(S(=O)(=O)NCc3csc(N)n3)ccc2n(C)c1=O. The molecule has 0 spiro atoms. The van der Waals surface area contributed by atoms with Crippen LogP contribution in [0.25, 0.3) is 10.9 Å². The molecule has 2 heterocycles. The van der Waals surface area contributed by atoms with Crippen LogP contribution >= 0.6 is 11.3 Å². The average molecular weight is 381 g/mol. The summed E-state index contributed by atoms with van der Waals surface area (Å²) in [6.07, 6.45) is 0. The van der Waals surface area contributed by atoms with Crippen molar-refractivity contribution in [3.8, 4) is 0 Å². The number of aryl methyl sites for hydroxylation is 1. The van der Waals surface area contributed by atoms with E-state index in [1.165, 1.54) is 48.2 Å². The van der Waals surface area contributed by atoms with Crippen molar-refractivity contribution in [1.82, 2.24) is 18.8 Å². The molecule has 0 saturated carbocycles. The highest BCUT2D eigenvalue weighted by molar-refractivity contribution is 7.89. The van der Waals surface area contributed by atoms with Crippen molar-refractivity contribution in [2.24, 2.45) is 14.1 Å². The van der Waals surface area contributed by atoms with E-state index < -0.39 is 21.3 Å². The van der Waals surface area contributed by atoms with Gasteiger partial charge in [0, 0.05) is 19.5 Å². The summed E-state index contributed by atoms with van der Waals surface area (Å²) >= 11 is 1.21. The lowest BCUT2D eigenvalue weighted by molar-refractivity contribution is 0.580. The van der Waals surface area contributed by atoms with E-state index in [1.807, 2.05) is 0 Å². The van der Waals surface area contributed by atoms with Crippen molar-refractivity contribution in [3.63, 3.8) is 0 Å². The average Bonchev–Trinajstić information content (AvgIpc) is 3.01. The number of anilines is 1. The second kappa shape index (κ2) is 6.10. The fourth-order valence-corrected chi connectivity index (χ4v) is 3.99. The number of aromatic nitrogens is 3. The van der Waals surface area contributed by atoms with Gasteiger partial charge in [0.25, 0.3) is 5.56 Å². The van der Waals surface area contributed by atoms with E-state index in [4.69, 9.17) is 5.73 Å². The molecule has 11 heteroatoms. The number of hydrogen-bond acceptors (Lipinski definition) is 7. The van der Waals surface area contributed by atoms with Crippen LogP contribution in [0.4, 0.5) is 5.13 Å². The van der Waals surface area contributed by atoms with Crippen LogP contribution in [0.5, 0.6) is 0 Å². The quantitative estimate of drug-likeness (QED) is 0.641. The van der Waals surface area contributed by atoms with Gasteiger partial charge in [-0.1, -0.05) is 0 Å². The first kappa shape index (κ1) is 17.3. The third kappa shape index (κ3) is 3.08. The van der Waals surface area contributed by atoms with Crippen molar-refractivity contribution in [1.29, 1.82) is 0 Å². The fraction of sp³-hybridized carbons (Fsp3) is 0.214. The van der Waals surface area contributed by atoms with Gasteiger partial charge in [0.05, 0.1) is 28.0 Å². The lowest BCUT2D eigenvalue weighted by Crippen LogP contribution is -2.37. The van der Waals surface area contributed by atoms with Gasteiger partial charge in [-0.05, 0) is 18.2 Å². The number of nitrogens with zero attached hydrogens (tertiary/aromatic N) is 3. The van der Waals surface area contributed by atoms with E-state index in [1.54, 1.807) is 5.38 Å². The molecular weight excluding hydrogens is 366 g/mol. The lowest BCUT2D eigenvalue weighted by Gasteiger charge is -2.10. The van der Waals surface area contributed by atoms with E-state index in [0.29, 0.717) is 16.3 Å². The van der Waals surface area contributed by atoms with Gasteiger partial charge in [0.15, 0.2) is 5.13 Å². The number of hydrogen-bond donors (Lipinski definition) is 2. The van der Waals surface area contributed by atoms with Crippen LogP contribution in [0.1, 0.15) is 5.69 Å². The summed E-state index contributed by atoms with van der Waals surface area (Å²) in [5.41, 5.74) is 5.35. The number of benzene rings is 1. The molecule has 0 aliphatic rings. The Morgan fingerprint density at radius 1 is 1.24 bits per heavy atom. The summed E-state index contributed by atoms with van der Waals surface area (Å²) in [5, 5.41) is 2.15. The lowest BCUT2D eigenvalue weighted by atomic mass is 10.2. The third-order valence-electron chi connectivity index (χ3n) is 3.76. The second-order valence-corrected chi connectivity index (χ2v) is 8.04. The van der Waals surface area contributed by atoms with Gasteiger partial charge < -0.3 is 5.73 Å². The van der Waals surface area contributed by atoms with Gasteiger partial charge in [-0.3, -0.25) is 13.9 Å². The highest BCUT2D eigenvalue weighted by Crippen LogP contribution is 2.16. The molecule has 9 nitrogen and oxygen atoms in total. The Kier molecular flexibility index (Phi) is 4.22. The summed E-state index contributed by atoms with van der Waals surface area (Å²) in [4.78, 5) is 28.1. The number of sulfonamides is 1. The molecule has 3 N–H and O–H groups in total. The highest BCUT2D eigenvalue weighted by atomic mass is 32.2. The summed E-state index contributed by atoms with van der Waals surface area (Å²) in [7, 11) is -0.995. The van der Waals surface area contributed by atoms with Gasteiger partial charge in [-0.2, -0.15) is 0 Å². The minimum absolute atomic E-state index is 0.0145. The molecule has 0 fully saturated rings. The number of nitrogens with one attached hydrogen (secondary N) is 1. The Morgan fingerprint density at radius 2 is 1.96 bits per heavy atom. The molecule has 0 aliphatic heterocycles. The first-order valence-corrected chi connectivity index (χ1v) is 9.46. The van der Waals surface area contributed by atoms with Crippen molar-refractivity contribution in [2.45, 2.75) is 11.4 Å². The maximum Gasteiger partial charge on any atom is 0.330 e. The number of nitrogens with two attached hydrogens (primary N) is 1. The molecule has 0 bridgehead atoms. The minimum atomic E-state index is -3.85. The van der Waals surface area contributed by atoms with Gasteiger partial charge >= 0.3 is 5.69 Å². The van der Waals surface area contributed by atoms with E-state index in [-0.39, 0.29) is 16.8 Å². The van der Waals surface area contributed by atoms with Crippen LogP contribution in [0.2, 0.25) is 0 Å². The Balaban J connectivity index is 2.03. The Hall–Kier alpha value is -2.50. The Labute approximate surface area is 146 Å². The maximum atomic E-state index is 12.5. The van der Waals surface area contributed by atoms with E-state index in [2.05, 4.69) is 9.71 Å². The van der Waals surface area contributed by atoms with Gasteiger partial charge in [0.2, 0.25) is 10.0 Å². The Bertz CT molecular complexity index is 1190. The second-order valence-electron chi connectivity index (χ2n) is 5.39. The summed E-state index contributed by atoms with van der Waals surface area (Å²) in [6.45, 7) is -0.0145. The molecule has 132 valence electrons. The number of fused-ring (bicyclic) bond motifs is 1. The number of thiazole rings is 1. The monoisotopic (exact) mass is 381 g/mol. The van der Waals surface area contributed by atoms with Crippen LogP contribution in [0, 0.1) is 0 Å². The summed E-state index contributed by atoms with van der Waals surface area (Å²) < 4.78 is 29.6. The Morgan fingerprint density at radius 3 is 2.60 bits per heavy atom. The van der Waals surface area contributed by atoms with Crippen molar-refractivity contribution >= 4 is 37.4 Å². The van der Waals surface area contributed by atoms with Gasteiger partial charge in [0.1, 0.15) is 0 Å². The minimum Gasteiger partial charge on any atom is -0.375 e. The molecular formula is C14H15N5O4S2. The van der Waals surface area contributed by atoms with Crippen LogP contribution in [0.15, 0.2) is 38.1 Å². The predicted molar refractivity (Wildman–Crippen MR) is 95.0 cm³/mol. The van der Waals surface area contributed by atoms with Crippen LogP contribution in [-0.4, -0.2) is 22.5 Å². The zero-order valence-electron chi connectivity index (χ0n) is 13.4. The van der Waals surface area contributed by atoms with E-state index >= 15 is 0 Å². The summed E-state index contributed by atoms with van der Waals surface area (Å²) in [6, 6.07) is 4.04. The largest absolute Gasteiger partial charge is 0.375 e. The molecule has 3 rings (SSSR count). The first-order chi connectivity index (χ1) is 11.7. The number of rotatable bonds is 4. The maximum absolute atomic E-state index is 12.5. The molecule has 0 aliphatic carbocycles. The molecule has 0 unspecified atom stereocenters. The molecule has 3 aromatic rings. The van der Waals surface area contributed by atoms with Crippen molar-refractivity contribution in [3.05, 3.63) is 50.1 Å². The van der Waals surface area contributed by atoms with Crippen molar-refractivity contribution < 1.29 is 8.42 Å². The molecule has 0 amide bonds. The predicted octanol–water partition coefficient (Wildman–Crippen LogP) is -0.246. The van der Waals surface area contributed by atoms with E-state index in [0.717, 1.165) is 4.57 Å². The molecule has 0 saturated heterocycles. The zero-order valence-corrected chi connectivity index (χ0v) is 15.0. The smallest absolute Gasteiger partial charge is 0.330 e. The fourth-order valence-electron chi connectivity index (χ4n) is 2.40. The van der Waals surface area contributed by atoms with Crippen LogP contribution < -0.4 is 21.7 Å². The van der Waals surface area contributed by atoms with Crippen LogP contribution in [0.3, 0.4) is 0 Å². The normalized spacial score (nSPS) is 11.9. The van der Waals surface area contributed by atoms with Gasteiger partial charge in [-0.15, -0.1) is 11.3 Å². The first-order valence-electron chi connectivity index (χ1n) is 7.10. The van der Waals surface area contributed by atoms with Crippen LogP contribution in [-0.2, 0) is 30.7 Å². The molecule has 0 radical (unpaired) electrons. The van der Waals surface area contributed by atoms with Gasteiger partial charge in [-0.25, -0.2) is 22.9 Å². The zero-order chi connectivity index (χ0) is 18.4. The standard InChI is InChI=1S/C14H15N5O4S2/c1-18-11-4-3-9(5-10(11)12(20)19(2)14(18)21)25(22,23)16-6-8-7-24-13(15)17-8/h3-5,7,16H,6H2,1-2H3,(H2,15,17). The third-order valence-corrected chi connectivity index (χ3v) is 5.88. The molecule has 25 heavy (non-hydrogen) atoms.